The maximum Gasteiger partial charge on any atom is 0.213 e. The standard InChI is InChI=1S/C18H29O2Si/c1-4-15-21(16-14-19-6-3)20-13-9-12-18-11-8-7-10-17(18)5-2/h5,7-8,10-11H,2,4,6,9,12-16H2,1,3H3. The van der Waals surface area contributed by atoms with Gasteiger partial charge in [0.1, 0.15) is 0 Å². The van der Waals surface area contributed by atoms with Crippen LogP contribution in [0, 0.1) is 0 Å². The highest BCUT2D eigenvalue weighted by atomic mass is 28.3. The minimum atomic E-state index is -0.682. The van der Waals surface area contributed by atoms with Crippen molar-refractivity contribution in [3.8, 4) is 0 Å². The Labute approximate surface area is 131 Å². The Balaban J connectivity index is 2.28. The molecular formula is C18H29O2Si. The molecular weight excluding hydrogens is 276 g/mol. The molecule has 2 nitrogen and oxygen atoms in total. The van der Waals surface area contributed by atoms with Gasteiger partial charge in [0.05, 0.1) is 0 Å². The van der Waals surface area contributed by atoms with Gasteiger partial charge in [0.2, 0.25) is 9.04 Å². The average Bonchev–Trinajstić information content (AvgIpc) is 2.52. The Morgan fingerprint density at radius 3 is 2.67 bits per heavy atom. The summed E-state index contributed by atoms with van der Waals surface area (Å²) in [5.74, 6) is 0. The summed E-state index contributed by atoms with van der Waals surface area (Å²) in [4.78, 5) is 0. The van der Waals surface area contributed by atoms with Crippen LogP contribution < -0.4 is 0 Å². The predicted molar refractivity (Wildman–Crippen MR) is 93.0 cm³/mol. The lowest BCUT2D eigenvalue weighted by Crippen LogP contribution is -2.20. The van der Waals surface area contributed by atoms with Crippen molar-refractivity contribution in [3.63, 3.8) is 0 Å². The minimum absolute atomic E-state index is 0.682. The largest absolute Gasteiger partial charge is 0.417 e. The zero-order valence-electron chi connectivity index (χ0n) is 13.6. The summed E-state index contributed by atoms with van der Waals surface area (Å²) in [7, 11) is -0.682. The Kier molecular flexibility index (Phi) is 10.1. The van der Waals surface area contributed by atoms with Crippen molar-refractivity contribution < 1.29 is 9.16 Å². The second kappa shape index (κ2) is 11.7. The lowest BCUT2D eigenvalue weighted by molar-refractivity contribution is 0.157. The SMILES string of the molecule is C=Cc1ccccc1CCCO[Si](CCC)CCOCC. The maximum atomic E-state index is 6.12. The van der Waals surface area contributed by atoms with Crippen molar-refractivity contribution in [1.82, 2.24) is 0 Å². The van der Waals surface area contributed by atoms with E-state index in [-0.39, 0.29) is 0 Å². The van der Waals surface area contributed by atoms with E-state index in [4.69, 9.17) is 9.16 Å². The average molecular weight is 306 g/mol. The number of ether oxygens (including phenoxy) is 1. The number of benzene rings is 1. The van der Waals surface area contributed by atoms with Crippen molar-refractivity contribution in [2.45, 2.75) is 45.2 Å². The quantitative estimate of drug-likeness (QED) is 0.411. The molecule has 0 saturated heterocycles. The van der Waals surface area contributed by atoms with Gasteiger partial charge in [-0.2, -0.15) is 0 Å². The lowest BCUT2D eigenvalue weighted by atomic mass is 10.0. The molecule has 21 heavy (non-hydrogen) atoms. The first-order valence-electron chi connectivity index (χ1n) is 8.07. The smallest absolute Gasteiger partial charge is 0.213 e. The Morgan fingerprint density at radius 2 is 1.95 bits per heavy atom. The summed E-state index contributed by atoms with van der Waals surface area (Å²) in [6.45, 7) is 10.7. The van der Waals surface area contributed by atoms with E-state index in [1.807, 2.05) is 13.0 Å². The Bertz CT molecular complexity index is 393. The third kappa shape index (κ3) is 7.60. The summed E-state index contributed by atoms with van der Waals surface area (Å²) in [5, 5.41) is 0. The molecule has 1 aromatic rings. The number of hydrogen-bond donors (Lipinski definition) is 0. The zero-order chi connectivity index (χ0) is 15.3. The minimum Gasteiger partial charge on any atom is -0.417 e. The van der Waals surface area contributed by atoms with E-state index in [0.29, 0.717) is 0 Å². The predicted octanol–water partition coefficient (Wildman–Crippen LogP) is 4.72. The van der Waals surface area contributed by atoms with Crippen LogP contribution in [0.4, 0.5) is 0 Å². The third-order valence-corrected chi connectivity index (χ3v) is 5.86. The second-order valence-electron chi connectivity index (χ2n) is 5.09. The molecule has 0 aromatic heterocycles. The molecule has 1 radical (unpaired) electrons. The fourth-order valence-electron chi connectivity index (χ4n) is 2.32. The van der Waals surface area contributed by atoms with Gasteiger partial charge in [-0.15, -0.1) is 0 Å². The molecule has 1 aromatic carbocycles. The van der Waals surface area contributed by atoms with E-state index in [1.54, 1.807) is 0 Å². The summed E-state index contributed by atoms with van der Waals surface area (Å²) < 4.78 is 11.6. The van der Waals surface area contributed by atoms with Gasteiger partial charge in [0, 0.05) is 19.8 Å². The molecule has 0 heterocycles. The molecule has 0 bridgehead atoms. The van der Waals surface area contributed by atoms with Crippen molar-refractivity contribution in [2.75, 3.05) is 19.8 Å². The topological polar surface area (TPSA) is 18.5 Å². The highest BCUT2D eigenvalue weighted by Crippen LogP contribution is 2.13. The summed E-state index contributed by atoms with van der Waals surface area (Å²) in [6, 6.07) is 10.8. The van der Waals surface area contributed by atoms with Crippen LogP contribution in [-0.2, 0) is 15.6 Å². The molecule has 0 N–H and O–H groups in total. The van der Waals surface area contributed by atoms with Crippen LogP contribution in [0.2, 0.25) is 12.1 Å². The Morgan fingerprint density at radius 1 is 1.14 bits per heavy atom. The van der Waals surface area contributed by atoms with Crippen LogP contribution in [0.5, 0.6) is 0 Å². The van der Waals surface area contributed by atoms with Crippen molar-refractivity contribution >= 4 is 15.1 Å². The van der Waals surface area contributed by atoms with Gasteiger partial charge in [-0.05, 0) is 43.0 Å². The molecule has 0 aliphatic rings. The second-order valence-corrected chi connectivity index (χ2v) is 7.46. The van der Waals surface area contributed by atoms with Crippen LogP contribution in [0.1, 0.15) is 37.8 Å². The monoisotopic (exact) mass is 305 g/mol. The fraction of sp³-hybridized carbons (Fsp3) is 0.556. The molecule has 1 rings (SSSR count). The van der Waals surface area contributed by atoms with Crippen LogP contribution >= 0.6 is 0 Å². The van der Waals surface area contributed by atoms with Gasteiger partial charge in [-0.3, -0.25) is 0 Å². The summed E-state index contributed by atoms with van der Waals surface area (Å²) >= 11 is 0. The first-order chi connectivity index (χ1) is 10.3. The lowest BCUT2D eigenvalue weighted by Gasteiger charge is -2.15. The van der Waals surface area contributed by atoms with Crippen molar-refractivity contribution in [1.29, 1.82) is 0 Å². The highest BCUT2D eigenvalue weighted by Gasteiger charge is 2.11. The fourth-order valence-corrected chi connectivity index (χ4v) is 4.22. The van der Waals surface area contributed by atoms with Gasteiger partial charge in [0.25, 0.3) is 0 Å². The van der Waals surface area contributed by atoms with E-state index >= 15 is 0 Å². The number of aryl methyl sites for hydroxylation is 1. The van der Waals surface area contributed by atoms with Gasteiger partial charge in [-0.1, -0.05) is 50.3 Å². The molecule has 0 saturated carbocycles. The molecule has 0 spiro atoms. The van der Waals surface area contributed by atoms with E-state index in [1.165, 1.54) is 23.6 Å². The van der Waals surface area contributed by atoms with Gasteiger partial charge < -0.3 is 9.16 Å². The van der Waals surface area contributed by atoms with Crippen LogP contribution in [0.25, 0.3) is 6.08 Å². The van der Waals surface area contributed by atoms with Gasteiger partial charge >= 0.3 is 0 Å². The van der Waals surface area contributed by atoms with E-state index in [0.717, 1.165) is 38.7 Å². The molecule has 0 aliphatic heterocycles. The molecule has 0 fully saturated rings. The normalized spacial score (nSPS) is 11.0. The van der Waals surface area contributed by atoms with Crippen LogP contribution in [0.15, 0.2) is 30.8 Å². The van der Waals surface area contributed by atoms with Crippen molar-refractivity contribution in [2.24, 2.45) is 0 Å². The zero-order valence-corrected chi connectivity index (χ0v) is 14.6. The van der Waals surface area contributed by atoms with E-state index < -0.39 is 9.04 Å². The Hall–Kier alpha value is -0.903. The molecule has 0 aliphatic carbocycles. The highest BCUT2D eigenvalue weighted by molar-refractivity contribution is 6.51. The maximum absolute atomic E-state index is 6.12. The first-order valence-corrected chi connectivity index (χ1v) is 9.89. The molecule has 117 valence electrons. The first kappa shape index (κ1) is 18.1. The molecule has 3 heteroatoms. The van der Waals surface area contributed by atoms with E-state index in [2.05, 4.69) is 37.8 Å². The number of hydrogen-bond acceptors (Lipinski definition) is 2. The molecule has 0 atom stereocenters. The molecule has 0 amide bonds. The van der Waals surface area contributed by atoms with Crippen molar-refractivity contribution in [3.05, 3.63) is 42.0 Å². The molecule has 0 unspecified atom stereocenters. The summed E-state index contributed by atoms with van der Waals surface area (Å²) in [5.41, 5.74) is 2.61. The number of rotatable bonds is 12. The summed E-state index contributed by atoms with van der Waals surface area (Å²) in [6.07, 6.45) is 5.29. The van der Waals surface area contributed by atoms with Crippen LogP contribution in [0.3, 0.4) is 0 Å². The van der Waals surface area contributed by atoms with Crippen LogP contribution in [-0.4, -0.2) is 28.9 Å². The van der Waals surface area contributed by atoms with Gasteiger partial charge in [0.15, 0.2) is 0 Å². The van der Waals surface area contributed by atoms with E-state index in [9.17, 15) is 0 Å². The third-order valence-electron chi connectivity index (χ3n) is 3.43. The van der Waals surface area contributed by atoms with Gasteiger partial charge in [-0.25, -0.2) is 0 Å².